The molecular weight excluding hydrogens is 236 g/mol. The maximum atomic E-state index is 10.7. The topological polar surface area (TPSA) is 26.7 Å². The first-order valence-electron chi connectivity index (χ1n) is 8.30. The minimum absolute atomic E-state index is 0.384. The molecule has 1 saturated heterocycles. The quantitative estimate of drug-likeness (QED) is 0.842. The molecule has 0 aromatic rings. The number of hydrogen-bond donors (Lipinski definition) is 1. The monoisotopic (exact) mass is 266 g/mol. The number of β-amino-alcohol motifs (C(OH)–C–C–N with tert-alkyl or cyclic N) is 1. The maximum absolute atomic E-state index is 10.7. The smallest absolute Gasteiger partial charge is 0.0774 e. The summed E-state index contributed by atoms with van der Waals surface area (Å²) in [6.07, 6.45) is 7.35. The highest BCUT2D eigenvalue weighted by atomic mass is 16.3. The van der Waals surface area contributed by atoms with Crippen LogP contribution < -0.4 is 0 Å². The van der Waals surface area contributed by atoms with E-state index in [1.54, 1.807) is 0 Å². The summed E-state index contributed by atoms with van der Waals surface area (Å²) >= 11 is 0. The average Bonchev–Trinajstić information content (AvgIpc) is 3.20. The fourth-order valence-corrected chi connectivity index (χ4v) is 3.67. The predicted octanol–water partition coefficient (Wildman–Crippen LogP) is 1.96. The second kappa shape index (κ2) is 5.71. The van der Waals surface area contributed by atoms with Gasteiger partial charge in [0.05, 0.1) is 5.60 Å². The van der Waals surface area contributed by atoms with Gasteiger partial charge >= 0.3 is 0 Å². The Hall–Kier alpha value is -0.120. The van der Waals surface area contributed by atoms with Crippen LogP contribution >= 0.6 is 0 Å². The van der Waals surface area contributed by atoms with Gasteiger partial charge in [0.15, 0.2) is 0 Å². The van der Waals surface area contributed by atoms with E-state index < -0.39 is 0 Å². The molecule has 0 amide bonds. The second-order valence-electron chi connectivity index (χ2n) is 7.43. The molecule has 0 aromatic heterocycles. The molecule has 0 bridgehead atoms. The summed E-state index contributed by atoms with van der Waals surface area (Å²) in [7, 11) is 0. The van der Waals surface area contributed by atoms with Crippen LogP contribution in [-0.2, 0) is 0 Å². The molecule has 1 heterocycles. The standard InChI is InChI=1S/C16H30N2O/c1-14-4-6-16(19,7-5-14)13-18-10-8-17(9-11-18)12-15-2-3-15/h14-15,19H,2-13H2,1H3. The van der Waals surface area contributed by atoms with Crippen LogP contribution in [-0.4, -0.2) is 59.8 Å². The van der Waals surface area contributed by atoms with Crippen LogP contribution in [0.25, 0.3) is 0 Å². The van der Waals surface area contributed by atoms with E-state index in [0.717, 1.165) is 44.3 Å². The van der Waals surface area contributed by atoms with E-state index in [2.05, 4.69) is 16.7 Å². The van der Waals surface area contributed by atoms with Crippen LogP contribution in [0.3, 0.4) is 0 Å². The van der Waals surface area contributed by atoms with Gasteiger partial charge in [-0.1, -0.05) is 6.92 Å². The number of hydrogen-bond acceptors (Lipinski definition) is 3. The van der Waals surface area contributed by atoms with Gasteiger partial charge in [0.2, 0.25) is 0 Å². The van der Waals surface area contributed by atoms with E-state index >= 15 is 0 Å². The first-order valence-corrected chi connectivity index (χ1v) is 8.30. The summed E-state index contributed by atoms with van der Waals surface area (Å²) in [5.41, 5.74) is -0.384. The van der Waals surface area contributed by atoms with Gasteiger partial charge in [0.25, 0.3) is 0 Å². The van der Waals surface area contributed by atoms with Crippen molar-refractivity contribution < 1.29 is 5.11 Å². The third kappa shape index (κ3) is 3.93. The third-order valence-electron chi connectivity index (χ3n) is 5.40. The average molecular weight is 266 g/mol. The molecule has 1 aliphatic heterocycles. The van der Waals surface area contributed by atoms with Crippen molar-refractivity contribution in [3.05, 3.63) is 0 Å². The predicted molar refractivity (Wildman–Crippen MR) is 78.2 cm³/mol. The van der Waals surface area contributed by atoms with Gasteiger partial charge < -0.3 is 10.0 Å². The van der Waals surface area contributed by atoms with Gasteiger partial charge in [-0.05, 0) is 50.4 Å². The highest BCUT2D eigenvalue weighted by molar-refractivity contribution is 4.89. The largest absolute Gasteiger partial charge is 0.389 e. The summed E-state index contributed by atoms with van der Waals surface area (Å²) < 4.78 is 0. The van der Waals surface area contributed by atoms with E-state index in [0.29, 0.717) is 0 Å². The molecule has 3 rings (SSSR count). The van der Waals surface area contributed by atoms with Gasteiger partial charge in [-0.15, -0.1) is 0 Å². The summed E-state index contributed by atoms with van der Waals surface area (Å²) in [6, 6.07) is 0. The lowest BCUT2D eigenvalue weighted by Crippen LogP contribution is -2.53. The van der Waals surface area contributed by atoms with Gasteiger partial charge in [0.1, 0.15) is 0 Å². The summed E-state index contributed by atoms with van der Waals surface area (Å²) in [4.78, 5) is 5.13. The zero-order chi connectivity index (χ0) is 13.3. The highest BCUT2D eigenvalue weighted by Gasteiger charge is 2.34. The maximum Gasteiger partial charge on any atom is 0.0774 e. The van der Waals surface area contributed by atoms with Crippen LogP contribution in [0.4, 0.5) is 0 Å². The summed E-state index contributed by atoms with van der Waals surface area (Å²) in [5, 5.41) is 10.7. The van der Waals surface area contributed by atoms with Crippen LogP contribution in [0.2, 0.25) is 0 Å². The molecule has 3 nitrogen and oxygen atoms in total. The molecule has 0 spiro atoms. The SMILES string of the molecule is CC1CCC(O)(CN2CCN(CC3CC3)CC2)CC1. The first-order chi connectivity index (χ1) is 9.13. The van der Waals surface area contributed by atoms with Crippen LogP contribution in [0.15, 0.2) is 0 Å². The van der Waals surface area contributed by atoms with Crippen molar-refractivity contribution in [1.29, 1.82) is 0 Å². The Morgan fingerprint density at radius 1 is 0.947 bits per heavy atom. The van der Waals surface area contributed by atoms with Crippen molar-refractivity contribution in [3.8, 4) is 0 Å². The molecule has 3 heteroatoms. The Bertz CT molecular complexity index is 287. The number of rotatable bonds is 4. The van der Waals surface area contributed by atoms with Gasteiger partial charge in [0, 0.05) is 39.3 Å². The molecular formula is C16H30N2O. The molecule has 3 aliphatic rings. The van der Waals surface area contributed by atoms with E-state index in [1.165, 1.54) is 45.3 Å². The first kappa shape index (κ1) is 13.8. The Balaban J connectivity index is 1.41. The molecule has 0 atom stereocenters. The normalized spacial score (nSPS) is 38.5. The Labute approximate surface area is 118 Å². The van der Waals surface area contributed by atoms with Crippen molar-refractivity contribution in [2.45, 2.75) is 51.0 Å². The third-order valence-corrected chi connectivity index (χ3v) is 5.40. The molecule has 2 aliphatic carbocycles. The highest BCUT2D eigenvalue weighted by Crippen LogP contribution is 2.33. The summed E-state index contributed by atoms with van der Waals surface area (Å²) in [6.45, 7) is 9.30. The molecule has 3 fully saturated rings. The van der Waals surface area contributed by atoms with Crippen LogP contribution in [0, 0.1) is 11.8 Å². The molecule has 0 unspecified atom stereocenters. The summed E-state index contributed by atoms with van der Waals surface area (Å²) in [5.74, 6) is 1.83. The molecule has 1 N–H and O–H groups in total. The van der Waals surface area contributed by atoms with E-state index in [1.807, 2.05) is 0 Å². The molecule has 2 saturated carbocycles. The Kier molecular flexibility index (Phi) is 4.16. The fourth-order valence-electron chi connectivity index (χ4n) is 3.67. The van der Waals surface area contributed by atoms with E-state index in [9.17, 15) is 5.11 Å². The van der Waals surface area contributed by atoms with Gasteiger partial charge in [-0.25, -0.2) is 0 Å². The molecule has 0 radical (unpaired) electrons. The minimum Gasteiger partial charge on any atom is -0.389 e. The lowest BCUT2D eigenvalue weighted by molar-refractivity contribution is -0.0434. The Morgan fingerprint density at radius 2 is 1.53 bits per heavy atom. The lowest BCUT2D eigenvalue weighted by Gasteiger charge is -2.42. The fraction of sp³-hybridized carbons (Fsp3) is 1.00. The van der Waals surface area contributed by atoms with Gasteiger partial charge in [-0.3, -0.25) is 4.90 Å². The van der Waals surface area contributed by atoms with Crippen molar-refractivity contribution in [2.75, 3.05) is 39.3 Å². The zero-order valence-electron chi connectivity index (χ0n) is 12.5. The molecule has 19 heavy (non-hydrogen) atoms. The molecule has 110 valence electrons. The van der Waals surface area contributed by atoms with E-state index in [-0.39, 0.29) is 5.60 Å². The van der Waals surface area contributed by atoms with Gasteiger partial charge in [-0.2, -0.15) is 0 Å². The molecule has 0 aromatic carbocycles. The number of piperazine rings is 1. The van der Waals surface area contributed by atoms with Crippen molar-refractivity contribution in [1.82, 2.24) is 9.80 Å². The van der Waals surface area contributed by atoms with Crippen LogP contribution in [0.5, 0.6) is 0 Å². The minimum atomic E-state index is -0.384. The Morgan fingerprint density at radius 3 is 2.11 bits per heavy atom. The van der Waals surface area contributed by atoms with Crippen LogP contribution in [0.1, 0.15) is 45.4 Å². The van der Waals surface area contributed by atoms with Crippen molar-refractivity contribution >= 4 is 0 Å². The zero-order valence-corrected chi connectivity index (χ0v) is 12.5. The van der Waals surface area contributed by atoms with Crippen molar-refractivity contribution in [2.24, 2.45) is 11.8 Å². The van der Waals surface area contributed by atoms with Crippen molar-refractivity contribution in [3.63, 3.8) is 0 Å². The number of nitrogens with zero attached hydrogens (tertiary/aromatic N) is 2. The second-order valence-corrected chi connectivity index (χ2v) is 7.43. The number of aliphatic hydroxyl groups is 1. The van der Waals surface area contributed by atoms with E-state index in [4.69, 9.17) is 0 Å². The lowest BCUT2D eigenvalue weighted by atomic mass is 9.79.